The molecule has 2 heterocycles. The molecule has 0 spiro atoms. The highest BCUT2D eigenvalue weighted by Crippen LogP contribution is 2.35. The number of hydrogen-bond acceptors (Lipinski definition) is 6. The summed E-state index contributed by atoms with van der Waals surface area (Å²) in [5.74, 6) is -0.117. The minimum absolute atomic E-state index is 0.00774. The molecule has 0 saturated heterocycles. The molecule has 2 aromatic heterocycles. The van der Waals surface area contributed by atoms with E-state index in [2.05, 4.69) is 0 Å². The minimum Gasteiger partial charge on any atom is -0.465 e. The monoisotopic (exact) mass is 428 g/mol. The Morgan fingerprint density at radius 3 is 2.72 bits per heavy atom. The van der Waals surface area contributed by atoms with Crippen LogP contribution in [-0.2, 0) is 9.53 Å². The van der Waals surface area contributed by atoms with Crippen LogP contribution in [0.15, 0.2) is 45.7 Å². The topological polar surface area (TPSA) is 61.2 Å². The van der Waals surface area contributed by atoms with E-state index in [4.69, 9.17) is 9.72 Å². The van der Waals surface area contributed by atoms with Crippen LogP contribution in [0.25, 0.3) is 21.3 Å². The van der Waals surface area contributed by atoms with Gasteiger partial charge in [0, 0.05) is 17.0 Å². The van der Waals surface area contributed by atoms with E-state index in [1.165, 1.54) is 29.5 Å². The summed E-state index contributed by atoms with van der Waals surface area (Å²) in [4.78, 5) is 31.1. The number of esters is 1. The van der Waals surface area contributed by atoms with Crippen LogP contribution in [0.5, 0.6) is 0 Å². The molecule has 152 valence electrons. The number of fused-ring (bicyclic) bond motifs is 1. The first kappa shape index (κ1) is 20.2. The van der Waals surface area contributed by atoms with Crippen LogP contribution in [0.4, 0.5) is 0 Å². The van der Waals surface area contributed by atoms with Crippen molar-refractivity contribution in [2.24, 2.45) is 0 Å². The predicted octanol–water partition coefficient (Wildman–Crippen LogP) is 5.29. The van der Waals surface area contributed by atoms with Gasteiger partial charge in [-0.1, -0.05) is 61.4 Å². The van der Waals surface area contributed by atoms with Crippen LogP contribution >= 0.6 is 23.1 Å². The fourth-order valence-electron chi connectivity index (χ4n) is 3.90. The summed E-state index contributed by atoms with van der Waals surface area (Å²) >= 11 is 2.79. The molecule has 3 aromatic rings. The number of carbonyl (C=O) groups excluding carboxylic acids is 1. The number of nitrogens with zero attached hydrogens (tertiary/aromatic N) is 2. The molecule has 0 amide bonds. The van der Waals surface area contributed by atoms with Gasteiger partial charge in [0.05, 0.1) is 17.7 Å². The molecule has 29 heavy (non-hydrogen) atoms. The molecule has 4 rings (SSSR count). The van der Waals surface area contributed by atoms with Gasteiger partial charge >= 0.3 is 5.97 Å². The van der Waals surface area contributed by atoms with Crippen molar-refractivity contribution in [3.63, 3.8) is 0 Å². The summed E-state index contributed by atoms with van der Waals surface area (Å²) in [7, 11) is 0. The molecule has 5 nitrogen and oxygen atoms in total. The molecular formula is C22H24N2O3S2. The molecule has 0 unspecified atom stereocenters. The van der Waals surface area contributed by atoms with E-state index in [9.17, 15) is 9.59 Å². The molecule has 1 aliphatic rings. The Kier molecular flexibility index (Phi) is 6.35. The number of ether oxygens (including phenoxy) is 1. The van der Waals surface area contributed by atoms with Gasteiger partial charge in [-0.15, -0.1) is 11.3 Å². The molecule has 1 fully saturated rings. The van der Waals surface area contributed by atoms with Crippen LogP contribution in [-0.4, -0.2) is 27.9 Å². The van der Waals surface area contributed by atoms with Crippen LogP contribution < -0.4 is 5.56 Å². The van der Waals surface area contributed by atoms with E-state index in [1.807, 2.05) is 40.3 Å². The molecule has 1 aliphatic carbocycles. The maximum absolute atomic E-state index is 13.7. The highest BCUT2D eigenvalue weighted by atomic mass is 32.2. The highest BCUT2D eigenvalue weighted by Gasteiger charge is 2.24. The average Bonchev–Trinajstić information content (AvgIpc) is 3.18. The fraction of sp³-hybridized carbons (Fsp3) is 0.409. The number of carbonyl (C=O) groups is 1. The normalized spacial score (nSPS) is 14.9. The fourth-order valence-corrected chi connectivity index (χ4v) is 5.76. The van der Waals surface area contributed by atoms with Crippen molar-refractivity contribution in [1.29, 1.82) is 0 Å². The Bertz CT molecular complexity index is 1050. The van der Waals surface area contributed by atoms with Gasteiger partial charge in [0.1, 0.15) is 4.83 Å². The van der Waals surface area contributed by atoms with E-state index in [1.54, 1.807) is 6.92 Å². The van der Waals surface area contributed by atoms with Crippen LogP contribution in [0, 0.1) is 0 Å². The smallest absolute Gasteiger partial charge is 0.316 e. The Hall–Kier alpha value is -2.12. The highest BCUT2D eigenvalue weighted by molar-refractivity contribution is 7.99. The molecule has 0 atom stereocenters. The molecule has 0 radical (unpaired) electrons. The summed E-state index contributed by atoms with van der Waals surface area (Å²) < 4.78 is 6.91. The zero-order valence-electron chi connectivity index (χ0n) is 16.4. The Balaban J connectivity index is 1.81. The van der Waals surface area contributed by atoms with Crippen LogP contribution in [0.1, 0.15) is 45.1 Å². The van der Waals surface area contributed by atoms with E-state index in [0.717, 1.165) is 41.6 Å². The second kappa shape index (κ2) is 9.13. The quantitative estimate of drug-likeness (QED) is 0.303. The predicted molar refractivity (Wildman–Crippen MR) is 119 cm³/mol. The molecule has 1 saturated carbocycles. The molecule has 0 bridgehead atoms. The second-order valence-electron chi connectivity index (χ2n) is 7.15. The maximum atomic E-state index is 13.7. The Labute approximate surface area is 178 Å². The summed E-state index contributed by atoms with van der Waals surface area (Å²) in [6.45, 7) is 2.15. The lowest BCUT2D eigenvalue weighted by molar-refractivity contribution is -0.139. The van der Waals surface area contributed by atoms with Gasteiger partial charge in [0.25, 0.3) is 5.56 Å². The average molecular weight is 429 g/mol. The van der Waals surface area contributed by atoms with Crippen LogP contribution in [0.3, 0.4) is 0 Å². The van der Waals surface area contributed by atoms with Crippen molar-refractivity contribution < 1.29 is 9.53 Å². The molecular weight excluding hydrogens is 404 g/mol. The van der Waals surface area contributed by atoms with Gasteiger partial charge < -0.3 is 4.74 Å². The van der Waals surface area contributed by atoms with Crippen molar-refractivity contribution in [2.75, 3.05) is 12.4 Å². The first-order chi connectivity index (χ1) is 14.2. The zero-order valence-corrected chi connectivity index (χ0v) is 18.1. The van der Waals surface area contributed by atoms with Crippen molar-refractivity contribution in [2.45, 2.75) is 50.2 Å². The first-order valence-electron chi connectivity index (χ1n) is 10.1. The van der Waals surface area contributed by atoms with Gasteiger partial charge in [-0.3, -0.25) is 14.2 Å². The van der Waals surface area contributed by atoms with E-state index >= 15 is 0 Å². The number of benzene rings is 1. The Morgan fingerprint density at radius 1 is 1.24 bits per heavy atom. The number of thiophene rings is 1. The van der Waals surface area contributed by atoms with Gasteiger partial charge in [-0.25, -0.2) is 4.98 Å². The van der Waals surface area contributed by atoms with Crippen molar-refractivity contribution in [1.82, 2.24) is 9.55 Å². The van der Waals surface area contributed by atoms with Crippen molar-refractivity contribution in [3.8, 4) is 11.1 Å². The van der Waals surface area contributed by atoms with Gasteiger partial charge in [0.2, 0.25) is 0 Å². The summed E-state index contributed by atoms with van der Waals surface area (Å²) in [5.41, 5.74) is 1.97. The van der Waals surface area contributed by atoms with Gasteiger partial charge in [0.15, 0.2) is 5.16 Å². The lowest BCUT2D eigenvalue weighted by Crippen LogP contribution is -2.29. The minimum atomic E-state index is -0.279. The zero-order chi connectivity index (χ0) is 20.2. The number of hydrogen-bond donors (Lipinski definition) is 0. The molecule has 7 heteroatoms. The molecule has 0 N–H and O–H groups in total. The summed E-state index contributed by atoms with van der Waals surface area (Å²) in [5, 5.41) is 3.33. The van der Waals surface area contributed by atoms with Gasteiger partial charge in [-0.2, -0.15) is 0 Å². The third-order valence-electron chi connectivity index (χ3n) is 5.26. The van der Waals surface area contributed by atoms with E-state index < -0.39 is 0 Å². The third-order valence-corrected chi connectivity index (χ3v) is 7.06. The van der Waals surface area contributed by atoms with Crippen molar-refractivity contribution in [3.05, 3.63) is 46.1 Å². The Morgan fingerprint density at radius 2 is 2.00 bits per heavy atom. The number of rotatable bonds is 6. The lowest BCUT2D eigenvalue weighted by atomic mass is 9.95. The van der Waals surface area contributed by atoms with Crippen LogP contribution in [0.2, 0.25) is 0 Å². The van der Waals surface area contributed by atoms with E-state index in [-0.39, 0.29) is 23.3 Å². The first-order valence-corrected chi connectivity index (χ1v) is 11.9. The summed E-state index contributed by atoms with van der Waals surface area (Å²) in [6, 6.07) is 10.1. The standard InChI is InChI=1S/C22H24N2O3S2/c1-2-27-18(25)14-29-22-23-20-19(17(13-28-20)15-9-5-3-6-10-15)21(26)24(22)16-11-7-4-8-12-16/h3,5-6,9-10,13,16H,2,4,7-8,11-12,14H2,1H3. The lowest BCUT2D eigenvalue weighted by Gasteiger charge is -2.26. The molecule has 1 aromatic carbocycles. The second-order valence-corrected chi connectivity index (χ2v) is 8.95. The third kappa shape index (κ3) is 4.26. The SMILES string of the molecule is CCOC(=O)CSc1nc2scc(-c3ccccc3)c2c(=O)n1C1CCCCC1. The summed E-state index contributed by atoms with van der Waals surface area (Å²) in [6.07, 6.45) is 5.40. The number of thioether (sulfide) groups is 1. The number of aromatic nitrogens is 2. The van der Waals surface area contributed by atoms with E-state index in [0.29, 0.717) is 17.1 Å². The van der Waals surface area contributed by atoms with Gasteiger partial charge in [-0.05, 0) is 25.3 Å². The maximum Gasteiger partial charge on any atom is 0.316 e. The molecule has 0 aliphatic heterocycles. The largest absolute Gasteiger partial charge is 0.465 e. The van der Waals surface area contributed by atoms with Crippen molar-refractivity contribution >= 4 is 39.3 Å².